The lowest BCUT2D eigenvalue weighted by molar-refractivity contribution is -0.146. The molecule has 23 heavy (non-hydrogen) atoms. The van der Waals surface area contributed by atoms with Crippen LogP contribution >= 0.6 is 11.6 Å². The van der Waals surface area contributed by atoms with Gasteiger partial charge < -0.3 is 9.84 Å². The number of hydrogen-bond donors (Lipinski definition) is 1. The predicted octanol–water partition coefficient (Wildman–Crippen LogP) is 5.10. The van der Waals surface area contributed by atoms with Gasteiger partial charge in [-0.1, -0.05) is 56.6 Å². The molecular weight excluding hydrogens is 312 g/mol. The van der Waals surface area contributed by atoms with E-state index in [9.17, 15) is 9.90 Å². The zero-order chi connectivity index (χ0) is 17.0. The van der Waals surface area contributed by atoms with E-state index in [1.807, 2.05) is 43.3 Å². The van der Waals surface area contributed by atoms with E-state index >= 15 is 0 Å². The number of halogens is 1. The van der Waals surface area contributed by atoms with Gasteiger partial charge in [-0.3, -0.25) is 0 Å². The number of carboxylic acid groups (broad SMARTS) is 1. The van der Waals surface area contributed by atoms with Crippen LogP contribution in [0.5, 0.6) is 5.75 Å². The van der Waals surface area contributed by atoms with Crippen LogP contribution in [0.3, 0.4) is 0 Å². The fourth-order valence-electron chi connectivity index (χ4n) is 2.39. The molecule has 4 heteroatoms. The first-order valence-corrected chi connectivity index (χ1v) is 8.01. The number of carboxylic acids is 1. The summed E-state index contributed by atoms with van der Waals surface area (Å²) in [6, 6.07) is 14.7. The highest BCUT2D eigenvalue weighted by atomic mass is 35.5. The topological polar surface area (TPSA) is 46.5 Å². The van der Waals surface area contributed by atoms with E-state index in [4.69, 9.17) is 16.3 Å². The zero-order valence-electron chi connectivity index (χ0n) is 13.5. The van der Waals surface area contributed by atoms with Crippen LogP contribution in [0.4, 0.5) is 0 Å². The van der Waals surface area contributed by atoms with Crippen molar-refractivity contribution in [1.29, 1.82) is 0 Å². The summed E-state index contributed by atoms with van der Waals surface area (Å²) in [5.41, 5.74) is 2.07. The minimum absolute atomic E-state index is 0.297. The van der Waals surface area contributed by atoms with Gasteiger partial charge in [0.15, 0.2) is 0 Å². The second kappa shape index (κ2) is 7.51. The molecule has 0 amide bonds. The molecular formula is C19H21ClO3. The van der Waals surface area contributed by atoms with E-state index in [0.29, 0.717) is 16.7 Å². The fraction of sp³-hybridized carbons (Fsp3) is 0.316. The maximum Gasteiger partial charge on any atom is 0.345 e. The Labute approximate surface area is 141 Å². The van der Waals surface area contributed by atoms with Gasteiger partial charge in [0.25, 0.3) is 0 Å². The molecule has 2 aromatic carbocycles. The Morgan fingerprint density at radius 3 is 1.96 bits per heavy atom. The van der Waals surface area contributed by atoms with E-state index in [1.165, 1.54) is 5.56 Å². The van der Waals surface area contributed by atoms with Crippen LogP contribution in [0.1, 0.15) is 43.7 Å². The summed E-state index contributed by atoms with van der Waals surface area (Å²) in [7, 11) is 0. The van der Waals surface area contributed by atoms with Crippen molar-refractivity contribution in [3.63, 3.8) is 0 Å². The second-order valence-corrected chi connectivity index (χ2v) is 6.38. The minimum atomic E-state index is -0.986. The van der Waals surface area contributed by atoms with Crippen LogP contribution in [0.2, 0.25) is 5.02 Å². The average molecular weight is 333 g/mol. The van der Waals surface area contributed by atoms with Crippen molar-refractivity contribution in [2.75, 3.05) is 0 Å². The summed E-state index contributed by atoms with van der Waals surface area (Å²) in [4.78, 5) is 11.6. The van der Waals surface area contributed by atoms with Gasteiger partial charge in [0.1, 0.15) is 5.75 Å². The van der Waals surface area contributed by atoms with Gasteiger partial charge in [-0.15, -0.1) is 0 Å². The van der Waals surface area contributed by atoms with Crippen molar-refractivity contribution < 1.29 is 14.6 Å². The van der Waals surface area contributed by atoms with Gasteiger partial charge >= 0.3 is 5.97 Å². The SMILES string of the molecule is CC(C)c1ccc(O[C@H](C(=O)O)[C@@H](C)c2ccc(Cl)cc2)cc1. The number of carbonyl (C=O) groups is 1. The van der Waals surface area contributed by atoms with Gasteiger partial charge in [-0.25, -0.2) is 4.79 Å². The van der Waals surface area contributed by atoms with Crippen molar-refractivity contribution >= 4 is 17.6 Å². The third kappa shape index (κ3) is 4.49. The Morgan fingerprint density at radius 1 is 0.957 bits per heavy atom. The first kappa shape index (κ1) is 17.4. The third-order valence-corrected chi connectivity index (χ3v) is 4.16. The lowest BCUT2D eigenvalue weighted by Crippen LogP contribution is -2.32. The molecule has 0 fully saturated rings. The molecule has 0 bridgehead atoms. The molecule has 0 aliphatic heterocycles. The lowest BCUT2D eigenvalue weighted by atomic mass is 9.95. The molecule has 2 rings (SSSR count). The van der Waals surface area contributed by atoms with Crippen LogP contribution in [-0.2, 0) is 4.79 Å². The quantitative estimate of drug-likeness (QED) is 0.800. The molecule has 0 spiro atoms. The van der Waals surface area contributed by atoms with Gasteiger partial charge in [-0.05, 0) is 41.3 Å². The maximum absolute atomic E-state index is 11.6. The van der Waals surface area contributed by atoms with Crippen LogP contribution < -0.4 is 4.74 Å². The van der Waals surface area contributed by atoms with Gasteiger partial charge in [0.2, 0.25) is 6.10 Å². The first-order valence-electron chi connectivity index (χ1n) is 7.63. The summed E-state index contributed by atoms with van der Waals surface area (Å²) in [6.45, 7) is 6.06. The van der Waals surface area contributed by atoms with Crippen molar-refractivity contribution in [2.45, 2.75) is 38.7 Å². The smallest absolute Gasteiger partial charge is 0.345 e. The molecule has 0 saturated carbocycles. The predicted molar refractivity (Wildman–Crippen MR) is 92.4 cm³/mol. The number of benzene rings is 2. The van der Waals surface area contributed by atoms with E-state index in [-0.39, 0.29) is 5.92 Å². The Morgan fingerprint density at radius 2 is 1.48 bits per heavy atom. The van der Waals surface area contributed by atoms with E-state index < -0.39 is 12.1 Å². The Hall–Kier alpha value is -2.00. The zero-order valence-corrected chi connectivity index (χ0v) is 14.2. The van der Waals surface area contributed by atoms with Crippen molar-refractivity contribution in [1.82, 2.24) is 0 Å². The van der Waals surface area contributed by atoms with Crippen LogP contribution in [0.15, 0.2) is 48.5 Å². The largest absolute Gasteiger partial charge is 0.478 e. The number of rotatable bonds is 6. The van der Waals surface area contributed by atoms with Crippen LogP contribution in [-0.4, -0.2) is 17.2 Å². The summed E-state index contributed by atoms with van der Waals surface area (Å²) in [5, 5.41) is 10.1. The van der Waals surface area contributed by atoms with Gasteiger partial charge in [-0.2, -0.15) is 0 Å². The molecule has 0 aliphatic carbocycles. The molecule has 0 saturated heterocycles. The number of hydrogen-bond acceptors (Lipinski definition) is 2. The Bertz CT molecular complexity index is 647. The molecule has 0 radical (unpaired) electrons. The lowest BCUT2D eigenvalue weighted by Gasteiger charge is -2.22. The molecule has 0 heterocycles. The van der Waals surface area contributed by atoms with Gasteiger partial charge in [0, 0.05) is 10.9 Å². The normalized spacial score (nSPS) is 13.6. The summed E-state index contributed by atoms with van der Waals surface area (Å²) in [5.74, 6) is -0.301. The molecule has 2 atom stereocenters. The standard InChI is InChI=1S/C19H21ClO3/c1-12(2)14-6-10-17(11-7-14)23-18(19(21)22)13(3)15-4-8-16(20)9-5-15/h4-13,18H,1-3H3,(H,21,22)/t13-,18-/m0/s1. The molecule has 0 aromatic heterocycles. The Balaban J connectivity index is 2.18. The van der Waals surface area contributed by atoms with E-state index in [0.717, 1.165) is 5.56 Å². The van der Waals surface area contributed by atoms with Crippen molar-refractivity contribution in [3.8, 4) is 5.75 Å². The minimum Gasteiger partial charge on any atom is -0.478 e. The van der Waals surface area contributed by atoms with E-state index in [2.05, 4.69) is 13.8 Å². The molecule has 122 valence electrons. The average Bonchev–Trinajstić information content (AvgIpc) is 2.53. The van der Waals surface area contributed by atoms with Crippen molar-refractivity contribution in [2.24, 2.45) is 0 Å². The first-order chi connectivity index (χ1) is 10.9. The highest BCUT2D eigenvalue weighted by Gasteiger charge is 2.28. The maximum atomic E-state index is 11.6. The molecule has 0 aliphatic rings. The van der Waals surface area contributed by atoms with Gasteiger partial charge in [0.05, 0.1) is 0 Å². The highest BCUT2D eigenvalue weighted by molar-refractivity contribution is 6.30. The second-order valence-electron chi connectivity index (χ2n) is 5.94. The Kier molecular flexibility index (Phi) is 5.67. The molecule has 2 aromatic rings. The summed E-state index contributed by atoms with van der Waals surface area (Å²) < 4.78 is 5.72. The van der Waals surface area contributed by atoms with Crippen LogP contribution in [0.25, 0.3) is 0 Å². The van der Waals surface area contributed by atoms with Crippen LogP contribution in [0, 0.1) is 0 Å². The monoisotopic (exact) mass is 332 g/mol. The summed E-state index contributed by atoms with van der Waals surface area (Å²) >= 11 is 5.88. The molecule has 1 N–H and O–H groups in total. The fourth-order valence-corrected chi connectivity index (χ4v) is 2.51. The van der Waals surface area contributed by atoms with Crippen molar-refractivity contribution in [3.05, 3.63) is 64.7 Å². The third-order valence-electron chi connectivity index (χ3n) is 3.90. The molecule has 3 nitrogen and oxygen atoms in total. The number of aliphatic carboxylic acids is 1. The molecule has 0 unspecified atom stereocenters. The summed E-state index contributed by atoms with van der Waals surface area (Å²) in [6.07, 6.45) is -0.957. The number of ether oxygens (including phenoxy) is 1. The highest BCUT2D eigenvalue weighted by Crippen LogP contribution is 2.26. The van der Waals surface area contributed by atoms with E-state index in [1.54, 1.807) is 12.1 Å².